The van der Waals surface area contributed by atoms with Crippen molar-refractivity contribution in [2.24, 2.45) is 0 Å². The summed E-state index contributed by atoms with van der Waals surface area (Å²) >= 11 is 0. The Bertz CT molecular complexity index is 708. The van der Waals surface area contributed by atoms with Crippen molar-refractivity contribution < 1.29 is 9.53 Å². The second-order valence-corrected chi connectivity index (χ2v) is 5.00. The molecule has 1 aliphatic heterocycles. The zero-order chi connectivity index (χ0) is 14.3. The van der Waals surface area contributed by atoms with Gasteiger partial charge < -0.3 is 15.8 Å². The van der Waals surface area contributed by atoms with Crippen LogP contribution in [0.4, 0.5) is 11.4 Å². The van der Waals surface area contributed by atoms with Crippen molar-refractivity contribution >= 4 is 17.3 Å². The van der Waals surface area contributed by atoms with Crippen LogP contribution in [0.3, 0.4) is 0 Å². The van der Waals surface area contributed by atoms with Gasteiger partial charge in [-0.15, -0.1) is 0 Å². The summed E-state index contributed by atoms with van der Waals surface area (Å²) in [5.41, 5.74) is 11.4. The number of ether oxygens (including phenoxy) is 1. The molecular weight excluding hydrogens is 252 g/mol. The first kappa shape index (κ1) is 12.5. The number of nitrogens with two attached hydrogens (primary N) is 1. The van der Waals surface area contributed by atoms with Crippen molar-refractivity contribution in [3.05, 3.63) is 41.5 Å². The number of nitrogens with one attached hydrogen (secondary N) is 1. The number of anilines is 2. The first-order chi connectivity index (χ1) is 9.58. The Hall–Kier alpha value is -2.49. The lowest BCUT2D eigenvalue weighted by molar-refractivity contribution is -0.115. The van der Waals surface area contributed by atoms with Gasteiger partial charge in [0.1, 0.15) is 5.75 Å². The molecule has 0 saturated carbocycles. The summed E-state index contributed by atoms with van der Waals surface area (Å²) in [7, 11) is 1.62. The highest BCUT2D eigenvalue weighted by Gasteiger charge is 2.20. The van der Waals surface area contributed by atoms with E-state index >= 15 is 0 Å². The molecule has 0 bridgehead atoms. The lowest BCUT2D eigenvalue weighted by Gasteiger charge is -2.12. The van der Waals surface area contributed by atoms with Gasteiger partial charge in [-0.3, -0.25) is 4.79 Å². The van der Waals surface area contributed by atoms with Crippen LogP contribution in [0.25, 0.3) is 11.1 Å². The van der Waals surface area contributed by atoms with Gasteiger partial charge in [0, 0.05) is 11.3 Å². The van der Waals surface area contributed by atoms with Gasteiger partial charge >= 0.3 is 0 Å². The maximum absolute atomic E-state index is 12.0. The number of hydrogen-bond donors (Lipinski definition) is 2. The monoisotopic (exact) mass is 268 g/mol. The van der Waals surface area contributed by atoms with Crippen molar-refractivity contribution in [1.29, 1.82) is 0 Å². The van der Waals surface area contributed by atoms with Gasteiger partial charge in [-0.05, 0) is 47.9 Å². The van der Waals surface area contributed by atoms with E-state index < -0.39 is 0 Å². The van der Waals surface area contributed by atoms with Crippen LogP contribution < -0.4 is 15.8 Å². The molecule has 0 saturated heterocycles. The molecular formula is C16H16N2O2. The fourth-order valence-electron chi connectivity index (χ4n) is 2.52. The molecule has 0 atom stereocenters. The van der Waals surface area contributed by atoms with Crippen molar-refractivity contribution in [1.82, 2.24) is 0 Å². The van der Waals surface area contributed by atoms with Crippen molar-refractivity contribution in [3.8, 4) is 16.9 Å². The predicted molar refractivity (Wildman–Crippen MR) is 79.9 cm³/mol. The highest BCUT2D eigenvalue weighted by atomic mass is 16.5. The molecule has 0 radical (unpaired) electrons. The third-order valence-corrected chi connectivity index (χ3v) is 3.63. The molecule has 102 valence electrons. The van der Waals surface area contributed by atoms with E-state index in [0.717, 1.165) is 33.7 Å². The molecule has 20 heavy (non-hydrogen) atoms. The maximum Gasteiger partial charge on any atom is 0.228 e. The van der Waals surface area contributed by atoms with Crippen molar-refractivity contribution in [3.63, 3.8) is 0 Å². The summed E-state index contributed by atoms with van der Waals surface area (Å²) in [6.07, 6.45) is 0.333. The second-order valence-electron chi connectivity index (χ2n) is 5.00. The van der Waals surface area contributed by atoms with Gasteiger partial charge in [0.2, 0.25) is 5.91 Å². The van der Waals surface area contributed by atoms with Crippen LogP contribution in [0.15, 0.2) is 30.3 Å². The van der Waals surface area contributed by atoms with Crippen LogP contribution >= 0.6 is 0 Å². The normalized spacial score (nSPS) is 13.0. The molecule has 1 aliphatic rings. The Labute approximate surface area is 117 Å². The number of benzene rings is 2. The minimum Gasteiger partial charge on any atom is -0.497 e. The van der Waals surface area contributed by atoms with Crippen LogP contribution in [-0.4, -0.2) is 13.0 Å². The Morgan fingerprint density at radius 1 is 1.20 bits per heavy atom. The fourth-order valence-corrected chi connectivity index (χ4v) is 2.52. The summed E-state index contributed by atoms with van der Waals surface area (Å²) in [6.45, 7) is 1.96. The molecule has 1 heterocycles. The van der Waals surface area contributed by atoms with E-state index in [-0.39, 0.29) is 5.91 Å². The molecule has 0 unspecified atom stereocenters. The number of hydrogen-bond acceptors (Lipinski definition) is 3. The van der Waals surface area contributed by atoms with Crippen molar-refractivity contribution in [2.45, 2.75) is 13.3 Å². The zero-order valence-corrected chi connectivity index (χ0v) is 11.5. The van der Waals surface area contributed by atoms with Crippen molar-refractivity contribution in [2.75, 3.05) is 18.2 Å². The molecule has 2 aromatic rings. The summed E-state index contributed by atoms with van der Waals surface area (Å²) in [5.74, 6) is 0.716. The average Bonchev–Trinajstić information content (AvgIpc) is 2.54. The number of carbonyl (C=O) groups excluding carboxylic acids is 1. The van der Waals surface area contributed by atoms with Crippen LogP contribution in [0.5, 0.6) is 5.75 Å². The lowest BCUT2D eigenvalue weighted by atomic mass is 9.95. The number of nitrogen functional groups attached to an aromatic ring is 1. The first-order valence-corrected chi connectivity index (χ1v) is 6.46. The first-order valence-electron chi connectivity index (χ1n) is 6.46. The summed E-state index contributed by atoms with van der Waals surface area (Å²) in [5, 5.41) is 2.92. The zero-order valence-electron chi connectivity index (χ0n) is 11.5. The predicted octanol–water partition coefficient (Wildman–Crippen LogP) is 2.75. The van der Waals surface area contributed by atoms with E-state index in [0.29, 0.717) is 12.1 Å². The fraction of sp³-hybridized carbons (Fsp3) is 0.188. The highest BCUT2D eigenvalue weighted by molar-refractivity contribution is 6.01. The van der Waals surface area contributed by atoms with Crippen LogP contribution in [0.2, 0.25) is 0 Å². The van der Waals surface area contributed by atoms with Gasteiger partial charge in [-0.25, -0.2) is 0 Å². The Morgan fingerprint density at radius 2 is 2.00 bits per heavy atom. The summed E-state index contributed by atoms with van der Waals surface area (Å²) in [6, 6.07) is 9.65. The number of methoxy groups -OCH3 is 1. The summed E-state index contributed by atoms with van der Waals surface area (Å²) < 4.78 is 5.24. The minimum atomic E-state index is -0.0403. The minimum absolute atomic E-state index is 0.0403. The topological polar surface area (TPSA) is 64.3 Å². The van der Waals surface area contributed by atoms with Gasteiger partial charge in [0.05, 0.1) is 19.2 Å². The van der Waals surface area contributed by atoms with E-state index in [1.54, 1.807) is 7.11 Å². The number of amides is 1. The van der Waals surface area contributed by atoms with Crippen LogP contribution in [0, 0.1) is 6.92 Å². The Balaban J connectivity index is 2.26. The quantitative estimate of drug-likeness (QED) is 0.782. The maximum atomic E-state index is 12.0. The third-order valence-electron chi connectivity index (χ3n) is 3.63. The van der Waals surface area contributed by atoms with Gasteiger partial charge in [0.25, 0.3) is 0 Å². The largest absolute Gasteiger partial charge is 0.497 e. The average molecular weight is 268 g/mol. The molecule has 3 rings (SSSR count). The molecule has 0 spiro atoms. The molecule has 0 aromatic heterocycles. The summed E-state index contributed by atoms with van der Waals surface area (Å²) in [4.78, 5) is 12.0. The van der Waals surface area contributed by atoms with E-state index in [4.69, 9.17) is 10.5 Å². The molecule has 0 fully saturated rings. The Morgan fingerprint density at radius 3 is 2.75 bits per heavy atom. The standard InChI is InChI=1S/C16H16N2O2/c1-9-5-13-12-4-3-11(20-2)6-10(12)7-16(19)18-15(13)8-14(9)17/h3-6,8H,7,17H2,1-2H3,(H,18,19). The second kappa shape index (κ2) is 4.56. The van der Waals surface area contributed by atoms with Crippen LogP contribution in [0.1, 0.15) is 11.1 Å². The Kier molecular flexibility index (Phi) is 2.86. The van der Waals surface area contributed by atoms with E-state index in [9.17, 15) is 4.79 Å². The molecule has 4 nitrogen and oxygen atoms in total. The number of rotatable bonds is 1. The molecule has 2 aromatic carbocycles. The van der Waals surface area contributed by atoms with Gasteiger partial charge in [-0.2, -0.15) is 0 Å². The molecule has 4 heteroatoms. The highest BCUT2D eigenvalue weighted by Crippen LogP contribution is 2.37. The molecule has 3 N–H and O–H groups in total. The van der Waals surface area contributed by atoms with E-state index in [2.05, 4.69) is 5.32 Å². The third kappa shape index (κ3) is 1.99. The van der Waals surface area contributed by atoms with E-state index in [1.165, 1.54) is 0 Å². The van der Waals surface area contributed by atoms with E-state index in [1.807, 2.05) is 37.3 Å². The smallest absolute Gasteiger partial charge is 0.228 e. The van der Waals surface area contributed by atoms with Crippen LogP contribution in [-0.2, 0) is 11.2 Å². The SMILES string of the molecule is COc1ccc2c(c1)CC(=O)Nc1cc(N)c(C)cc1-2. The molecule has 1 amide bonds. The van der Waals surface area contributed by atoms with Gasteiger partial charge in [0.15, 0.2) is 0 Å². The number of fused-ring (bicyclic) bond motifs is 3. The lowest BCUT2D eigenvalue weighted by Crippen LogP contribution is -2.12. The van der Waals surface area contributed by atoms with Gasteiger partial charge in [-0.1, -0.05) is 6.07 Å². The number of aryl methyl sites for hydroxylation is 1. The molecule has 0 aliphatic carbocycles. The number of carbonyl (C=O) groups is 1.